The Hall–Kier alpha value is -0.650. The summed E-state index contributed by atoms with van der Waals surface area (Å²) < 4.78 is 12.3. The second-order valence-electron chi connectivity index (χ2n) is 15.7. The lowest BCUT2D eigenvalue weighted by Gasteiger charge is -2.67. The molecule has 37 heavy (non-hydrogen) atoms. The van der Waals surface area contributed by atoms with Crippen molar-refractivity contribution in [2.75, 3.05) is 6.54 Å². The second-order valence-corrected chi connectivity index (χ2v) is 15.7. The number of rotatable bonds is 5. The van der Waals surface area contributed by atoms with Crippen LogP contribution in [0.3, 0.4) is 0 Å². The molecule has 5 nitrogen and oxygen atoms in total. The maximum atomic E-state index is 12.1. The lowest BCUT2D eigenvalue weighted by Crippen LogP contribution is -2.68. The lowest BCUT2D eigenvalue weighted by atomic mass is 9.41. The molecular formula is C32H51NO4. The molecular weight excluding hydrogens is 462 g/mol. The molecule has 7 rings (SSSR count). The normalized spacial score (nSPS) is 59.1. The summed E-state index contributed by atoms with van der Waals surface area (Å²) in [6.07, 6.45) is 12.7. The molecule has 7 fully saturated rings. The van der Waals surface area contributed by atoms with E-state index in [0.29, 0.717) is 22.4 Å². The third-order valence-electron chi connectivity index (χ3n) is 14.5. The summed E-state index contributed by atoms with van der Waals surface area (Å²) in [5.74, 6) is 3.13. The van der Waals surface area contributed by atoms with Gasteiger partial charge in [-0.1, -0.05) is 34.1 Å². The number of fused-ring (bicyclic) bond motifs is 4. The molecule has 0 aromatic carbocycles. The first kappa shape index (κ1) is 25.3. The Bertz CT molecular complexity index is 984. The highest BCUT2D eigenvalue weighted by Crippen LogP contribution is 2.79. The fourth-order valence-electron chi connectivity index (χ4n) is 13.0. The van der Waals surface area contributed by atoms with Crippen molar-refractivity contribution in [2.24, 2.45) is 45.8 Å². The molecule has 0 aromatic rings. The van der Waals surface area contributed by atoms with Gasteiger partial charge in [-0.05, 0) is 106 Å². The number of piperidine rings is 2. The van der Waals surface area contributed by atoms with Gasteiger partial charge in [-0.25, -0.2) is 0 Å². The van der Waals surface area contributed by atoms with E-state index in [2.05, 4.69) is 39.5 Å². The fraction of sp³-hybridized carbons (Fsp3) is 0.969. The molecule has 208 valence electrons. The van der Waals surface area contributed by atoms with Crippen LogP contribution in [0, 0.1) is 45.8 Å². The molecule has 3 saturated carbocycles. The second kappa shape index (κ2) is 7.75. The van der Waals surface area contributed by atoms with Crippen LogP contribution in [0.2, 0.25) is 0 Å². The number of aliphatic hydroxyl groups is 1. The summed E-state index contributed by atoms with van der Waals surface area (Å²) in [5.41, 5.74) is 0.348. The molecule has 0 aromatic heterocycles. The highest BCUT2D eigenvalue weighted by Gasteiger charge is 2.80. The van der Waals surface area contributed by atoms with E-state index in [0.717, 1.165) is 42.9 Å². The molecule has 1 spiro atoms. The Kier molecular flexibility index (Phi) is 5.31. The smallest absolute Gasteiger partial charge is 0.302 e. The summed E-state index contributed by atoms with van der Waals surface area (Å²) in [4.78, 5) is 15.2. The van der Waals surface area contributed by atoms with Gasteiger partial charge in [0.15, 0.2) is 6.29 Å². The molecule has 4 heterocycles. The zero-order valence-electron chi connectivity index (χ0n) is 24.2. The van der Waals surface area contributed by atoms with Gasteiger partial charge in [-0.2, -0.15) is 0 Å². The van der Waals surface area contributed by atoms with Crippen molar-refractivity contribution in [2.45, 2.75) is 142 Å². The molecule has 7 bridgehead atoms. The van der Waals surface area contributed by atoms with Crippen LogP contribution in [0.1, 0.15) is 112 Å². The van der Waals surface area contributed by atoms with E-state index >= 15 is 0 Å². The Morgan fingerprint density at radius 2 is 1.86 bits per heavy atom. The van der Waals surface area contributed by atoms with Gasteiger partial charge in [0.25, 0.3) is 0 Å². The van der Waals surface area contributed by atoms with E-state index < -0.39 is 11.7 Å². The predicted molar refractivity (Wildman–Crippen MR) is 143 cm³/mol. The molecule has 3 unspecified atom stereocenters. The summed E-state index contributed by atoms with van der Waals surface area (Å²) in [6.45, 7) is 14.9. The van der Waals surface area contributed by atoms with Crippen molar-refractivity contribution in [3.05, 3.63) is 0 Å². The number of esters is 1. The first-order chi connectivity index (χ1) is 17.4. The maximum absolute atomic E-state index is 12.1. The molecule has 0 amide bonds. The van der Waals surface area contributed by atoms with Gasteiger partial charge in [0.1, 0.15) is 6.10 Å². The van der Waals surface area contributed by atoms with Gasteiger partial charge < -0.3 is 14.6 Å². The van der Waals surface area contributed by atoms with Gasteiger partial charge in [0.2, 0.25) is 0 Å². The van der Waals surface area contributed by atoms with Crippen LogP contribution in [0.15, 0.2) is 0 Å². The predicted octanol–water partition coefficient (Wildman–Crippen LogP) is 5.93. The zero-order chi connectivity index (χ0) is 26.2. The molecule has 13 atom stereocenters. The molecule has 0 radical (unpaired) electrons. The van der Waals surface area contributed by atoms with Crippen LogP contribution >= 0.6 is 0 Å². The van der Waals surface area contributed by atoms with Crippen molar-refractivity contribution >= 4 is 5.97 Å². The van der Waals surface area contributed by atoms with E-state index in [9.17, 15) is 9.90 Å². The fourth-order valence-corrected chi connectivity index (χ4v) is 13.0. The third kappa shape index (κ3) is 2.81. The minimum atomic E-state index is -0.870. The minimum absolute atomic E-state index is 0.204. The summed E-state index contributed by atoms with van der Waals surface area (Å²) in [5, 5.41) is 11.3. The van der Waals surface area contributed by atoms with Gasteiger partial charge >= 0.3 is 5.97 Å². The van der Waals surface area contributed by atoms with E-state index in [1.807, 2.05) is 0 Å². The molecule has 3 aliphatic carbocycles. The first-order valence-electron chi connectivity index (χ1n) is 15.7. The van der Waals surface area contributed by atoms with Crippen LogP contribution < -0.4 is 0 Å². The summed E-state index contributed by atoms with van der Waals surface area (Å²) >= 11 is 0. The number of hydrogen-bond acceptors (Lipinski definition) is 5. The molecule has 4 saturated heterocycles. The van der Waals surface area contributed by atoms with Crippen LogP contribution in [0.4, 0.5) is 0 Å². The maximum Gasteiger partial charge on any atom is 0.302 e. The van der Waals surface area contributed by atoms with Gasteiger partial charge in [0, 0.05) is 31.0 Å². The number of aliphatic hydroxyl groups excluding tert-OH is 1. The van der Waals surface area contributed by atoms with Gasteiger partial charge in [-0.3, -0.25) is 9.69 Å². The Labute approximate surface area is 224 Å². The quantitative estimate of drug-likeness (QED) is 0.462. The van der Waals surface area contributed by atoms with Crippen molar-refractivity contribution in [1.82, 2.24) is 4.90 Å². The SMILES string of the molecule is CC(=O)OC1CC[C@@]2(C)OC(O)[C@@]1(C)[C@H]2CC[C@]12[C@@H]3[C@@H](C(C)C)CC[C@@]1(C)[C@@H]1CC[C@@]4(CCC[C@H]42)N3C1. The van der Waals surface area contributed by atoms with Crippen LogP contribution in [0.5, 0.6) is 0 Å². The number of hydrogen-bond donors (Lipinski definition) is 1. The van der Waals surface area contributed by atoms with Crippen molar-refractivity contribution in [3.8, 4) is 0 Å². The third-order valence-corrected chi connectivity index (χ3v) is 14.5. The van der Waals surface area contributed by atoms with Crippen LogP contribution in [0.25, 0.3) is 0 Å². The summed E-state index contributed by atoms with van der Waals surface area (Å²) in [6, 6.07) is 0.713. The van der Waals surface area contributed by atoms with E-state index in [4.69, 9.17) is 9.47 Å². The van der Waals surface area contributed by atoms with Crippen LogP contribution in [-0.4, -0.2) is 52.1 Å². The lowest BCUT2D eigenvalue weighted by molar-refractivity contribution is -0.188. The average Bonchev–Trinajstić information content (AvgIpc) is 3.35. The van der Waals surface area contributed by atoms with E-state index in [1.165, 1.54) is 64.8 Å². The topological polar surface area (TPSA) is 59.0 Å². The van der Waals surface area contributed by atoms with Crippen molar-refractivity contribution < 1.29 is 19.4 Å². The Morgan fingerprint density at radius 3 is 2.59 bits per heavy atom. The molecule has 5 heteroatoms. The van der Waals surface area contributed by atoms with Gasteiger partial charge in [0.05, 0.1) is 11.0 Å². The van der Waals surface area contributed by atoms with Crippen molar-refractivity contribution in [1.29, 1.82) is 0 Å². The van der Waals surface area contributed by atoms with E-state index in [-0.39, 0.29) is 23.6 Å². The molecule has 4 aliphatic heterocycles. The summed E-state index contributed by atoms with van der Waals surface area (Å²) in [7, 11) is 0. The number of carbonyl (C=O) groups excluding carboxylic acids is 1. The standard InChI is InChI=1S/C32H51NO4/c1-19(2)22-10-14-28(4)21-9-16-31-13-7-8-24(31)32(28,26(22)33(31)18-21)17-11-23-29(5)15-12-25(36-20(3)34)30(23,6)27(35)37-29/h19,21-27,35H,7-18H2,1-6H3/t21-,22-,23+,24-,25?,26+,27?,28+,29-,30+,31-,32+/m1/s1. The highest BCUT2D eigenvalue weighted by atomic mass is 16.6. The monoisotopic (exact) mass is 513 g/mol. The van der Waals surface area contributed by atoms with Crippen molar-refractivity contribution in [3.63, 3.8) is 0 Å². The molecule has 7 aliphatic rings. The highest BCUT2D eigenvalue weighted by molar-refractivity contribution is 5.66. The Morgan fingerprint density at radius 1 is 1.08 bits per heavy atom. The minimum Gasteiger partial charge on any atom is -0.462 e. The first-order valence-corrected chi connectivity index (χ1v) is 15.7. The number of ether oxygens (including phenoxy) is 2. The van der Waals surface area contributed by atoms with E-state index in [1.54, 1.807) is 0 Å². The molecule has 1 N–H and O–H groups in total. The largest absolute Gasteiger partial charge is 0.462 e. The average molecular weight is 514 g/mol. The zero-order valence-corrected chi connectivity index (χ0v) is 24.2. The Balaban J connectivity index is 1.30. The van der Waals surface area contributed by atoms with Crippen LogP contribution in [-0.2, 0) is 14.3 Å². The van der Waals surface area contributed by atoms with Gasteiger partial charge in [-0.15, -0.1) is 0 Å². The number of nitrogens with zero attached hydrogens (tertiary/aromatic N) is 1. The number of carbonyl (C=O) groups is 1.